The number of imide groups is 1. The quantitative estimate of drug-likeness (QED) is 0.407. The van der Waals surface area contributed by atoms with Gasteiger partial charge in [0, 0.05) is 34.4 Å². The van der Waals surface area contributed by atoms with Crippen molar-refractivity contribution in [3.8, 4) is 0 Å². The fourth-order valence-electron chi connectivity index (χ4n) is 2.63. The van der Waals surface area contributed by atoms with E-state index in [1.807, 2.05) is 0 Å². The third kappa shape index (κ3) is 3.91. The SMILES string of the molecule is COCCCN1C(=O)c2ccc(C(=O)O[C@@H](C)C(=O)N(C)C)cc2C1=O. The molecular weight excluding hydrogens is 340 g/mol. The topological polar surface area (TPSA) is 93.2 Å². The van der Waals surface area contributed by atoms with Gasteiger partial charge in [-0.3, -0.25) is 19.3 Å². The highest BCUT2D eigenvalue weighted by Crippen LogP contribution is 2.24. The number of likely N-dealkylation sites (N-methyl/N-ethyl adjacent to an activating group) is 1. The maximum absolute atomic E-state index is 12.4. The Morgan fingerprint density at radius 1 is 1.15 bits per heavy atom. The molecule has 1 aliphatic heterocycles. The molecule has 8 heteroatoms. The summed E-state index contributed by atoms with van der Waals surface area (Å²) in [6.45, 7) is 2.15. The van der Waals surface area contributed by atoms with Gasteiger partial charge in [0.2, 0.25) is 0 Å². The molecule has 1 aliphatic rings. The smallest absolute Gasteiger partial charge is 0.338 e. The average Bonchev–Trinajstić information content (AvgIpc) is 2.85. The Hall–Kier alpha value is -2.74. The zero-order valence-corrected chi connectivity index (χ0v) is 15.3. The second-order valence-corrected chi connectivity index (χ2v) is 6.15. The summed E-state index contributed by atoms with van der Waals surface area (Å²) in [4.78, 5) is 51.3. The number of hydrogen-bond acceptors (Lipinski definition) is 6. The van der Waals surface area contributed by atoms with Crippen LogP contribution in [-0.4, -0.2) is 74.0 Å². The van der Waals surface area contributed by atoms with Crippen molar-refractivity contribution in [2.75, 3.05) is 34.4 Å². The van der Waals surface area contributed by atoms with E-state index in [2.05, 4.69) is 0 Å². The number of fused-ring (bicyclic) bond motifs is 1. The monoisotopic (exact) mass is 362 g/mol. The minimum atomic E-state index is -0.950. The molecule has 26 heavy (non-hydrogen) atoms. The summed E-state index contributed by atoms with van der Waals surface area (Å²) in [6.07, 6.45) is -0.422. The molecule has 0 aromatic heterocycles. The number of methoxy groups -OCH3 is 1. The van der Waals surface area contributed by atoms with Crippen LogP contribution in [0, 0.1) is 0 Å². The van der Waals surface area contributed by atoms with Crippen molar-refractivity contribution in [1.29, 1.82) is 0 Å². The molecule has 0 fully saturated rings. The predicted molar refractivity (Wildman–Crippen MR) is 91.9 cm³/mol. The number of ether oxygens (including phenoxy) is 2. The summed E-state index contributed by atoms with van der Waals surface area (Å²) in [5.74, 6) is -1.92. The number of benzene rings is 1. The minimum Gasteiger partial charge on any atom is -0.449 e. The van der Waals surface area contributed by atoms with Crippen molar-refractivity contribution in [2.45, 2.75) is 19.4 Å². The van der Waals surface area contributed by atoms with Gasteiger partial charge in [-0.05, 0) is 31.5 Å². The van der Waals surface area contributed by atoms with E-state index in [9.17, 15) is 19.2 Å². The van der Waals surface area contributed by atoms with Crippen LogP contribution >= 0.6 is 0 Å². The average molecular weight is 362 g/mol. The van der Waals surface area contributed by atoms with Gasteiger partial charge in [0.1, 0.15) is 0 Å². The van der Waals surface area contributed by atoms with Crippen LogP contribution in [0.4, 0.5) is 0 Å². The summed E-state index contributed by atoms with van der Waals surface area (Å²) in [5.41, 5.74) is 0.525. The third-order valence-electron chi connectivity index (χ3n) is 4.01. The Morgan fingerprint density at radius 3 is 2.42 bits per heavy atom. The van der Waals surface area contributed by atoms with Crippen LogP contribution in [0.25, 0.3) is 0 Å². The Morgan fingerprint density at radius 2 is 1.81 bits per heavy atom. The van der Waals surface area contributed by atoms with Gasteiger partial charge in [-0.2, -0.15) is 0 Å². The second-order valence-electron chi connectivity index (χ2n) is 6.15. The zero-order chi connectivity index (χ0) is 19.4. The van der Waals surface area contributed by atoms with Crippen molar-refractivity contribution >= 4 is 23.7 Å². The molecule has 2 rings (SSSR count). The van der Waals surface area contributed by atoms with Crippen molar-refractivity contribution < 1.29 is 28.7 Å². The minimum absolute atomic E-state index is 0.113. The first kappa shape index (κ1) is 19.6. The van der Waals surface area contributed by atoms with Crippen LogP contribution in [0.5, 0.6) is 0 Å². The van der Waals surface area contributed by atoms with E-state index in [1.165, 1.54) is 30.0 Å². The summed E-state index contributed by atoms with van der Waals surface area (Å²) < 4.78 is 10.1. The van der Waals surface area contributed by atoms with Gasteiger partial charge < -0.3 is 14.4 Å². The van der Waals surface area contributed by atoms with Crippen molar-refractivity contribution in [2.24, 2.45) is 0 Å². The first-order valence-electron chi connectivity index (χ1n) is 8.19. The molecule has 1 aromatic carbocycles. The normalized spacial score (nSPS) is 14.2. The molecule has 0 saturated heterocycles. The van der Waals surface area contributed by atoms with E-state index in [0.717, 1.165) is 4.90 Å². The first-order valence-corrected chi connectivity index (χ1v) is 8.19. The summed E-state index contributed by atoms with van der Waals surface area (Å²) in [6, 6.07) is 4.18. The van der Waals surface area contributed by atoms with Crippen LogP contribution in [0.3, 0.4) is 0 Å². The summed E-state index contributed by atoms with van der Waals surface area (Å²) >= 11 is 0. The van der Waals surface area contributed by atoms with E-state index in [1.54, 1.807) is 21.2 Å². The highest BCUT2D eigenvalue weighted by atomic mass is 16.5. The number of esters is 1. The molecule has 0 radical (unpaired) electrons. The van der Waals surface area contributed by atoms with Gasteiger partial charge in [-0.1, -0.05) is 0 Å². The molecule has 140 valence electrons. The van der Waals surface area contributed by atoms with Crippen molar-refractivity contribution in [3.05, 3.63) is 34.9 Å². The Kier molecular flexibility index (Phi) is 6.10. The zero-order valence-electron chi connectivity index (χ0n) is 15.3. The highest BCUT2D eigenvalue weighted by Gasteiger charge is 2.35. The van der Waals surface area contributed by atoms with Crippen LogP contribution in [-0.2, 0) is 14.3 Å². The van der Waals surface area contributed by atoms with Crippen molar-refractivity contribution in [3.63, 3.8) is 0 Å². The van der Waals surface area contributed by atoms with E-state index in [4.69, 9.17) is 9.47 Å². The number of carbonyl (C=O) groups is 4. The molecule has 1 atom stereocenters. The Balaban J connectivity index is 2.15. The number of carbonyl (C=O) groups excluding carboxylic acids is 4. The van der Waals surface area contributed by atoms with Gasteiger partial charge in [0.15, 0.2) is 6.10 Å². The lowest BCUT2D eigenvalue weighted by molar-refractivity contribution is -0.137. The maximum Gasteiger partial charge on any atom is 0.338 e. The molecule has 0 unspecified atom stereocenters. The first-order chi connectivity index (χ1) is 12.3. The molecule has 8 nitrogen and oxygen atoms in total. The number of rotatable bonds is 7. The standard InChI is InChI=1S/C18H22N2O6/c1-11(15(21)19(2)3)26-18(24)12-6-7-13-14(10-12)17(23)20(16(13)22)8-5-9-25-4/h6-7,10-11H,5,8-9H2,1-4H3/t11-/m0/s1. The van der Waals surface area contributed by atoms with Crippen LogP contribution < -0.4 is 0 Å². The van der Waals surface area contributed by atoms with E-state index >= 15 is 0 Å². The third-order valence-corrected chi connectivity index (χ3v) is 4.01. The molecular formula is C18H22N2O6. The van der Waals surface area contributed by atoms with Gasteiger partial charge in [0.05, 0.1) is 16.7 Å². The molecule has 1 aromatic rings. The fourth-order valence-corrected chi connectivity index (χ4v) is 2.63. The largest absolute Gasteiger partial charge is 0.449 e. The van der Waals surface area contributed by atoms with Gasteiger partial charge >= 0.3 is 5.97 Å². The number of amides is 3. The second kappa shape index (κ2) is 8.09. The van der Waals surface area contributed by atoms with Gasteiger partial charge in [-0.25, -0.2) is 4.79 Å². The molecule has 0 saturated carbocycles. The maximum atomic E-state index is 12.4. The van der Waals surface area contributed by atoms with E-state index in [-0.39, 0.29) is 29.1 Å². The number of hydrogen-bond donors (Lipinski definition) is 0. The number of nitrogens with zero attached hydrogens (tertiary/aromatic N) is 2. The Labute approximate surface area is 151 Å². The van der Waals surface area contributed by atoms with Crippen molar-refractivity contribution in [1.82, 2.24) is 9.80 Å². The highest BCUT2D eigenvalue weighted by molar-refractivity contribution is 6.22. The molecule has 0 spiro atoms. The predicted octanol–water partition coefficient (Wildman–Crippen LogP) is 0.953. The summed E-state index contributed by atoms with van der Waals surface area (Å²) in [7, 11) is 4.66. The molecule has 3 amide bonds. The van der Waals surface area contributed by atoms with Crippen LogP contribution in [0.15, 0.2) is 18.2 Å². The Bertz CT molecular complexity index is 743. The molecule has 0 bridgehead atoms. The fraction of sp³-hybridized carbons (Fsp3) is 0.444. The molecule has 1 heterocycles. The van der Waals surface area contributed by atoms with Gasteiger partial charge in [0.25, 0.3) is 17.7 Å². The van der Waals surface area contributed by atoms with Gasteiger partial charge in [-0.15, -0.1) is 0 Å². The van der Waals surface area contributed by atoms with Crippen LogP contribution in [0.1, 0.15) is 44.4 Å². The van der Waals surface area contributed by atoms with E-state index in [0.29, 0.717) is 13.0 Å². The molecule has 0 N–H and O–H groups in total. The summed E-state index contributed by atoms with van der Waals surface area (Å²) in [5, 5.41) is 0. The lowest BCUT2D eigenvalue weighted by Gasteiger charge is -2.17. The van der Waals surface area contributed by atoms with E-state index < -0.39 is 23.9 Å². The van der Waals surface area contributed by atoms with Crippen LogP contribution in [0.2, 0.25) is 0 Å². The molecule has 0 aliphatic carbocycles. The lowest BCUT2D eigenvalue weighted by atomic mass is 10.1. The lowest BCUT2D eigenvalue weighted by Crippen LogP contribution is -2.34.